The molecule has 0 bridgehead atoms. The fourth-order valence-electron chi connectivity index (χ4n) is 3.04. The molecule has 0 aliphatic heterocycles. The van der Waals surface area contributed by atoms with Crippen LogP contribution in [0.25, 0.3) is 0 Å². The molecule has 2 aromatic carbocycles. The number of nitrogens with one attached hydrogen (secondary N) is 3. The minimum Gasteiger partial charge on any atom is -0.489 e. The lowest BCUT2D eigenvalue weighted by Crippen LogP contribution is -2.21. The molecule has 1 aliphatic carbocycles. The molecule has 29 heavy (non-hydrogen) atoms. The number of hydrogen-bond donors (Lipinski definition) is 3. The number of para-hydroxylation sites is 2. The number of hydrogen-bond acceptors (Lipinski definition) is 4. The van der Waals surface area contributed by atoms with Gasteiger partial charge in [-0.2, -0.15) is 0 Å². The summed E-state index contributed by atoms with van der Waals surface area (Å²) in [4.78, 5) is 36.2. The largest absolute Gasteiger partial charge is 0.489 e. The van der Waals surface area contributed by atoms with Crippen LogP contribution >= 0.6 is 0 Å². The van der Waals surface area contributed by atoms with E-state index in [1.54, 1.807) is 36.4 Å². The third kappa shape index (κ3) is 5.57. The molecular formula is C22H25N3O4. The van der Waals surface area contributed by atoms with Crippen molar-refractivity contribution in [2.45, 2.75) is 33.3 Å². The molecule has 0 spiro atoms. The van der Waals surface area contributed by atoms with Crippen molar-refractivity contribution < 1.29 is 19.1 Å². The van der Waals surface area contributed by atoms with Crippen LogP contribution < -0.4 is 20.7 Å². The highest BCUT2D eigenvalue weighted by Crippen LogP contribution is 2.41. The van der Waals surface area contributed by atoms with Gasteiger partial charge in [-0.1, -0.05) is 18.2 Å². The van der Waals surface area contributed by atoms with Crippen LogP contribution in [-0.2, 0) is 14.4 Å². The second kappa shape index (κ2) is 8.77. The summed E-state index contributed by atoms with van der Waals surface area (Å²) < 4.78 is 5.71. The number of amides is 3. The molecule has 3 N–H and O–H groups in total. The van der Waals surface area contributed by atoms with Gasteiger partial charge in [0.05, 0.1) is 23.6 Å². The lowest BCUT2D eigenvalue weighted by Gasteiger charge is -2.14. The van der Waals surface area contributed by atoms with Crippen molar-refractivity contribution >= 4 is 34.8 Å². The quantitative estimate of drug-likeness (QED) is 0.667. The highest BCUT2D eigenvalue weighted by Gasteiger charge is 2.48. The molecule has 3 rings (SSSR count). The van der Waals surface area contributed by atoms with Gasteiger partial charge >= 0.3 is 0 Å². The van der Waals surface area contributed by atoms with Crippen molar-refractivity contribution in [3.8, 4) is 5.75 Å². The van der Waals surface area contributed by atoms with E-state index < -0.39 is 0 Å². The van der Waals surface area contributed by atoms with Gasteiger partial charge in [-0.3, -0.25) is 14.4 Å². The second-order valence-electron chi connectivity index (χ2n) is 7.35. The van der Waals surface area contributed by atoms with Gasteiger partial charge in [-0.05, 0) is 50.6 Å². The highest BCUT2D eigenvalue weighted by molar-refractivity contribution is 6.04. The molecule has 7 heteroatoms. The Balaban J connectivity index is 1.57. The fraction of sp³-hybridized carbons (Fsp3) is 0.318. The summed E-state index contributed by atoms with van der Waals surface area (Å²) in [6.45, 7) is 5.25. The first-order chi connectivity index (χ1) is 13.8. The Labute approximate surface area is 169 Å². The molecule has 3 amide bonds. The van der Waals surface area contributed by atoms with Gasteiger partial charge in [-0.25, -0.2) is 0 Å². The lowest BCUT2D eigenvalue weighted by atomic mass is 10.2. The van der Waals surface area contributed by atoms with E-state index in [1.165, 1.54) is 6.92 Å². The zero-order valence-corrected chi connectivity index (χ0v) is 16.7. The van der Waals surface area contributed by atoms with Gasteiger partial charge in [0, 0.05) is 18.3 Å². The predicted molar refractivity (Wildman–Crippen MR) is 112 cm³/mol. The van der Waals surface area contributed by atoms with Gasteiger partial charge in [0.2, 0.25) is 17.7 Å². The first kappa shape index (κ1) is 20.4. The van der Waals surface area contributed by atoms with E-state index in [0.29, 0.717) is 29.2 Å². The molecule has 152 valence electrons. The van der Waals surface area contributed by atoms with Crippen LogP contribution in [-0.4, -0.2) is 23.8 Å². The minimum absolute atomic E-state index is 0.0132. The molecular weight excluding hydrogens is 370 g/mol. The van der Waals surface area contributed by atoms with Crippen molar-refractivity contribution in [1.82, 2.24) is 0 Å². The van der Waals surface area contributed by atoms with Gasteiger partial charge in [0.25, 0.3) is 0 Å². The summed E-state index contributed by atoms with van der Waals surface area (Å²) >= 11 is 0. The van der Waals surface area contributed by atoms with Crippen LogP contribution in [0.3, 0.4) is 0 Å². The Morgan fingerprint density at radius 1 is 0.897 bits per heavy atom. The third-order valence-corrected chi connectivity index (χ3v) is 4.42. The molecule has 2 atom stereocenters. The smallest absolute Gasteiger partial charge is 0.228 e. The zero-order chi connectivity index (χ0) is 21.0. The van der Waals surface area contributed by atoms with Gasteiger partial charge in [-0.15, -0.1) is 0 Å². The maximum atomic E-state index is 12.6. The molecule has 2 aromatic rings. The Hall–Kier alpha value is -3.35. The SMILES string of the molecule is CC(=O)Nc1cccc(NC(=O)C2CC2C(=O)Nc2ccccc2OC(C)C)c1. The monoisotopic (exact) mass is 395 g/mol. The van der Waals surface area contributed by atoms with Crippen molar-refractivity contribution in [3.63, 3.8) is 0 Å². The molecule has 1 saturated carbocycles. The number of carbonyl (C=O) groups excluding carboxylic acids is 3. The topological polar surface area (TPSA) is 96.5 Å². The van der Waals surface area contributed by atoms with Crippen molar-refractivity contribution in [2.75, 3.05) is 16.0 Å². The molecule has 0 saturated heterocycles. The number of rotatable bonds is 7. The summed E-state index contributed by atoms with van der Waals surface area (Å²) in [5, 5.41) is 8.34. The standard InChI is InChI=1S/C22H25N3O4/c1-13(2)29-20-10-5-4-9-19(20)25-22(28)18-12-17(18)21(27)24-16-8-6-7-15(11-16)23-14(3)26/h4-11,13,17-18H,12H2,1-3H3,(H,23,26)(H,24,27)(H,25,28). The summed E-state index contributed by atoms with van der Waals surface area (Å²) in [6.07, 6.45) is 0.483. The van der Waals surface area contributed by atoms with E-state index in [-0.39, 0.29) is 35.7 Å². The number of benzene rings is 2. The summed E-state index contributed by atoms with van der Waals surface area (Å²) in [5.74, 6) is -0.742. The van der Waals surface area contributed by atoms with E-state index in [0.717, 1.165) is 0 Å². The molecule has 1 aliphatic rings. The van der Waals surface area contributed by atoms with Crippen molar-refractivity contribution in [3.05, 3.63) is 48.5 Å². The maximum absolute atomic E-state index is 12.6. The Bertz CT molecular complexity index is 926. The normalized spacial score (nSPS) is 17.4. The molecule has 0 radical (unpaired) electrons. The fourth-order valence-corrected chi connectivity index (χ4v) is 3.04. The van der Waals surface area contributed by atoms with E-state index in [1.807, 2.05) is 26.0 Å². The first-order valence-electron chi connectivity index (χ1n) is 9.58. The average Bonchev–Trinajstić information content (AvgIpc) is 3.44. The molecule has 2 unspecified atom stereocenters. The highest BCUT2D eigenvalue weighted by atomic mass is 16.5. The number of anilines is 3. The van der Waals surface area contributed by atoms with E-state index in [4.69, 9.17) is 4.74 Å². The summed E-state index contributed by atoms with van der Waals surface area (Å²) in [5.41, 5.74) is 1.77. The van der Waals surface area contributed by atoms with Crippen LogP contribution in [0.4, 0.5) is 17.1 Å². The third-order valence-electron chi connectivity index (χ3n) is 4.42. The second-order valence-corrected chi connectivity index (χ2v) is 7.35. The van der Waals surface area contributed by atoms with Gasteiger partial charge < -0.3 is 20.7 Å². The lowest BCUT2D eigenvalue weighted by molar-refractivity contribution is -0.122. The van der Waals surface area contributed by atoms with Gasteiger partial charge in [0.1, 0.15) is 5.75 Å². The predicted octanol–water partition coefficient (Wildman–Crippen LogP) is 3.65. The van der Waals surface area contributed by atoms with E-state index in [9.17, 15) is 14.4 Å². The van der Waals surface area contributed by atoms with Crippen LogP contribution in [0.15, 0.2) is 48.5 Å². The van der Waals surface area contributed by atoms with Crippen LogP contribution in [0.1, 0.15) is 27.2 Å². The van der Waals surface area contributed by atoms with Crippen LogP contribution in [0.2, 0.25) is 0 Å². The Morgan fingerprint density at radius 3 is 2.17 bits per heavy atom. The first-order valence-corrected chi connectivity index (χ1v) is 9.58. The van der Waals surface area contributed by atoms with E-state index in [2.05, 4.69) is 16.0 Å². The summed E-state index contributed by atoms with van der Waals surface area (Å²) in [7, 11) is 0. The molecule has 1 fully saturated rings. The molecule has 0 heterocycles. The number of ether oxygens (including phenoxy) is 1. The Kier molecular flexibility index (Phi) is 6.16. The van der Waals surface area contributed by atoms with Crippen LogP contribution in [0, 0.1) is 11.8 Å². The maximum Gasteiger partial charge on any atom is 0.228 e. The Morgan fingerprint density at radius 2 is 1.52 bits per heavy atom. The average molecular weight is 395 g/mol. The van der Waals surface area contributed by atoms with Crippen molar-refractivity contribution in [2.24, 2.45) is 11.8 Å². The molecule has 0 aromatic heterocycles. The summed E-state index contributed by atoms with van der Waals surface area (Å²) in [6, 6.07) is 14.1. The van der Waals surface area contributed by atoms with E-state index >= 15 is 0 Å². The van der Waals surface area contributed by atoms with Crippen LogP contribution in [0.5, 0.6) is 5.75 Å². The minimum atomic E-state index is -0.377. The number of carbonyl (C=O) groups is 3. The molecule has 7 nitrogen and oxygen atoms in total. The van der Waals surface area contributed by atoms with Crippen molar-refractivity contribution in [1.29, 1.82) is 0 Å². The zero-order valence-electron chi connectivity index (χ0n) is 16.7. The van der Waals surface area contributed by atoms with Gasteiger partial charge in [0.15, 0.2) is 0 Å².